The number of rotatable bonds is 16. The van der Waals surface area contributed by atoms with Gasteiger partial charge in [-0.15, -0.1) is 15.3 Å². The lowest BCUT2D eigenvalue weighted by Crippen LogP contribution is -2.35. The quantitative estimate of drug-likeness (QED) is 0.0452. The molecule has 3 amide bonds. The number of carbonyl (C=O) groups is 3. The number of ether oxygens (including phenoxy) is 2. The van der Waals surface area contributed by atoms with Crippen LogP contribution in [0.5, 0.6) is 0 Å². The fourth-order valence-corrected chi connectivity index (χ4v) is 10.1. The fourth-order valence-electron chi connectivity index (χ4n) is 10.1. The molecule has 0 atom stereocenters. The van der Waals surface area contributed by atoms with Crippen LogP contribution < -0.4 is 37.2 Å². The molecule has 484 valence electrons. The Kier molecular flexibility index (Phi) is 21.6. The van der Waals surface area contributed by atoms with Crippen molar-refractivity contribution in [3.8, 4) is 34.6 Å². The summed E-state index contributed by atoms with van der Waals surface area (Å²) in [5.74, 6) is 4.08. The molecule has 12 aromatic rings. The molecule has 2 fully saturated rings. The molecule has 0 aromatic carbocycles. The molecule has 2 aliphatic rings. The molecule has 8 N–H and O–H groups in total. The van der Waals surface area contributed by atoms with E-state index in [0.717, 1.165) is 99.1 Å². The summed E-state index contributed by atoms with van der Waals surface area (Å²) >= 11 is 0. The molecule has 12 aromatic heterocycles. The molecular weight excluding hydrogens is 1210 g/mol. The van der Waals surface area contributed by atoms with Crippen LogP contribution in [0.15, 0.2) is 165 Å². The lowest BCUT2D eigenvalue weighted by Gasteiger charge is -2.26. The van der Waals surface area contributed by atoms with Crippen LogP contribution in [-0.4, -0.2) is 154 Å². The highest BCUT2D eigenvalue weighted by Crippen LogP contribution is 2.31. The van der Waals surface area contributed by atoms with Crippen molar-refractivity contribution in [2.45, 2.75) is 47.3 Å². The second kappa shape index (κ2) is 31.6. The first-order valence-electron chi connectivity index (χ1n) is 30.5. The molecule has 29 nitrogen and oxygen atoms in total. The first kappa shape index (κ1) is 64.9. The number of hydrogen-bond donors (Lipinski definition) is 8. The largest absolute Gasteiger partial charge is 0.392 e. The summed E-state index contributed by atoms with van der Waals surface area (Å²) in [4.78, 5) is 76.1. The minimum Gasteiger partial charge on any atom is -0.392 e. The molecule has 95 heavy (non-hydrogen) atoms. The number of hydrogen-bond acceptors (Lipinski definition) is 23. The van der Waals surface area contributed by atoms with E-state index in [1.54, 1.807) is 78.2 Å². The summed E-state index contributed by atoms with van der Waals surface area (Å²) in [5, 5.41) is 44.7. The third-order valence-corrected chi connectivity index (χ3v) is 14.3. The number of aryl methyl sites for hydroxylation is 1. The average molecular weight is 1280 g/mol. The fraction of sp³-hybridized carbons (Fsp3) is 0.227. The van der Waals surface area contributed by atoms with E-state index in [4.69, 9.17) is 24.5 Å². The summed E-state index contributed by atoms with van der Waals surface area (Å²) < 4.78 is 15.8. The van der Waals surface area contributed by atoms with E-state index in [2.05, 4.69) is 100 Å². The van der Waals surface area contributed by atoms with Gasteiger partial charge >= 0.3 is 0 Å². The number of morpholine rings is 2. The van der Waals surface area contributed by atoms with E-state index in [0.29, 0.717) is 86.2 Å². The molecule has 0 spiro atoms. The lowest BCUT2D eigenvalue weighted by molar-refractivity contribution is -0.115. The number of pyridine rings is 6. The van der Waals surface area contributed by atoms with E-state index >= 15 is 0 Å². The first-order chi connectivity index (χ1) is 46.4. The van der Waals surface area contributed by atoms with Crippen molar-refractivity contribution in [2.75, 3.05) is 84.5 Å². The number of anilines is 9. The summed E-state index contributed by atoms with van der Waals surface area (Å²) in [6.07, 6.45) is 16.4. The topological polar surface area (TPSA) is 345 Å². The van der Waals surface area contributed by atoms with Crippen molar-refractivity contribution in [1.29, 1.82) is 0 Å². The molecule has 14 rings (SSSR count). The monoisotopic (exact) mass is 1280 g/mol. The van der Waals surface area contributed by atoms with Crippen LogP contribution in [0.25, 0.3) is 51.1 Å². The van der Waals surface area contributed by atoms with Crippen LogP contribution in [0, 0.1) is 0 Å². The van der Waals surface area contributed by atoms with Gasteiger partial charge in [0.15, 0.2) is 17.5 Å². The van der Waals surface area contributed by atoms with E-state index in [-0.39, 0.29) is 24.3 Å². The highest BCUT2D eigenvalue weighted by Gasteiger charge is 2.21. The van der Waals surface area contributed by atoms with Crippen molar-refractivity contribution in [1.82, 2.24) is 83.9 Å². The maximum atomic E-state index is 11.4. The number of nitrogens with one attached hydrogen (secondary N) is 7. The maximum Gasteiger partial charge on any atom is 0.222 e. The van der Waals surface area contributed by atoms with E-state index in [1.807, 2.05) is 94.2 Å². The minimum atomic E-state index is -0.208. The second-order valence-electron chi connectivity index (χ2n) is 21.4. The van der Waals surface area contributed by atoms with Crippen LogP contribution in [0.1, 0.15) is 44.4 Å². The summed E-state index contributed by atoms with van der Waals surface area (Å²) in [6.45, 7) is 14.1. The van der Waals surface area contributed by atoms with Gasteiger partial charge in [-0.3, -0.25) is 34.2 Å². The van der Waals surface area contributed by atoms with Gasteiger partial charge in [-0.25, -0.2) is 43.5 Å². The third-order valence-electron chi connectivity index (χ3n) is 14.3. The number of amides is 3. The van der Waals surface area contributed by atoms with Gasteiger partial charge in [-0.1, -0.05) is 25.1 Å². The average Bonchev–Trinajstić information content (AvgIpc) is 1.71. The molecule has 2 aliphatic heterocycles. The van der Waals surface area contributed by atoms with E-state index in [1.165, 1.54) is 20.8 Å². The third kappa shape index (κ3) is 17.3. The number of aliphatic hydroxyl groups is 1. The summed E-state index contributed by atoms with van der Waals surface area (Å²) in [5.41, 5.74) is 9.55. The standard InChI is InChI=1S/C23H24N8O2.C20H19N7O.C19H17N7O2.C4H9NO/c1-16(32)26-20-14-18(5-8-25-20)27-23-21-17(15-30-10-12-33-13-11-30)6-9-31(21)29-22(28-23)19-4-2-3-7-24-19;1-3-14-8-11-27-18(14)20(25-19(26-27)16-6-4-5-9-21-16)24-15-7-10-22-17(12-15)23-13(2)28;1-12(28)22-16-10-14(5-8-21-16)23-19-17-13(11-27)6-9-26(17)25-18(24-19)15-4-2-3-7-20-15;1-3-6-4-2-5-1/h2-9,14H,10-13,15H2,1H3,(H2,25,26,27,28,29,32);4-12H,3H2,1-2H3,(H2,22,23,24,25,26,28);2-10,27H,11H2,1H3,(H2,21,22,23,24,25,28);5H,1-4H2. The zero-order chi connectivity index (χ0) is 65.9. The molecule has 0 radical (unpaired) electrons. The van der Waals surface area contributed by atoms with Gasteiger partial charge in [0, 0.05) is 150 Å². The normalized spacial score (nSPS) is 12.9. The maximum absolute atomic E-state index is 11.4. The molecule has 29 heteroatoms. The van der Waals surface area contributed by atoms with Crippen molar-refractivity contribution in [2.24, 2.45) is 0 Å². The molecule has 0 unspecified atom stereocenters. The Hall–Kier alpha value is -11.6. The Morgan fingerprint density at radius 1 is 0.474 bits per heavy atom. The Labute approximate surface area is 544 Å². The highest BCUT2D eigenvalue weighted by molar-refractivity contribution is 5.90. The number of aliphatic hydroxyl groups excluding tert-OH is 1. The summed E-state index contributed by atoms with van der Waals surface area (Å²) in [6, 6.07) is 33.3. The molecule has 2 saturated heterocycles. The number of aromatic nitrogens is 15. The van der Waals surface area contributed by atoms with Crippen LogP contribution in [0.3, 0.4) is 0 Å². The summed E-state index contributed by atoms with van der Waals surface area (Å²) in [7, 11) is 0. The van der Waals surface area contributed by atoms with Gasteiger partial charge < -0.3 is 51.8 Å². The zero-order valence-electron chi connectivity index (χ0n) is 52.5. The van der Waals surface area contributed by atoms with Crippen molar-refractivity contribution in [3.05, 3.63) is 182 Å². The van der Waals surface area contributed by atoms with Gasteiger partial charge in [0.05, 0.1) is 33.0 Å². The minimum absolute atomic E-state index is 0.148. The predicted molar refractivity (Wildman–Crippen MR) is 359 cm³/mol. The molecule has 0 saturated carbocycles. The lowest BCUT2D eigenvalue weighted by atomic mass is 10.2. The van der Waals surface area contributed by atoms with E-state index < -0.39 is 0 Å². The number of carbonyl (C=O) groups excluding carboxylic acids is 3. The Bertz CT molecular complexity index is 4370. The smallest absolute Gasteiger partial charge is 0.222 e. The molecule has 0 bridgehead atoms. The van der Waals surface area contributed by atoms with Gasteiger partial charge in [0.2, 0.25) is 35.2 Å². The van der Waals surface area contributed by atoms with Crippen LogP contribution >= 0.6 is 0 Å². The van der Waals surface area contributed by atoms with Crippen LogP contribution in [0.4, 0.5) is 52.0 Å². The molecule has 0 aliphatic carbocycles. The Morgan fingerprint density at radius 3 is 1.20 bits per heavy atom. The van der Waals surface area contributed by atoms with Gasteiger partial charge in [-0.05, 0) is 90.3 Å². The van der Waals surface area contributed by atoms with Crippen LogP contribution in [0.2, 0.25) is 0 Å². The Morgan fingerprint density at radius 2 is 0.853 bits per heavy atom. The van der Waals surface area contributed by atoms with Gasteiger partial charge in [0.25, 0.3) is 0 Å². The molecular formula is C66H69N23O6. The van der Waals surface area contributed by atoms with E-state index in [9.17, 15) is 19.5 Å². The predicted octanol–water partition coefficient (Wildman–Crippen LogP) is 8.16. The van der Waals surface area contributed by atoms with Gasteiger partial charge in [0.1, 0.15) is 51.1 Å². The second-order valence-corrected chi connectivity index (χ2v) is 21.4. The highest BCUT2D eigenvalue weighted by atomic mass is 16.5. The molecule has 14 heterocycles. The van der Waals surface area contributed by atoms with Crippen molar-refractivity contribution in [3.63, 3.8) is 0 Å². The van der Waals surface area contributed by atoms with Crippen molar-refractivity contribution >= 4 is 86.2 Å². The SMILES string of the molecule is C1COCCN1.CC(=O)Nc1cc(Nc2nc(-c3ccccn3)nn3ccc(CN4CCOCC4)c23)ccn1.CC(=O)Nc1cc(Nc2nc(-c3ccccn3)nn3ccc(CO)c23)ccn1.CCc1ccn2nc(-c3ccccn3)nc(Nc3ccnc(NC(C)=O)c3)c12. The van der Waals surface area contributed by atoms with Crippen molar-refractivity contribution < 1.29 is 29.0 Å². The zero-order valence-corrected chi connectivity index (χ0v) is 52.5. The number of fused-ring (bicyclic) bond motifs is 3. The van der Waals surface area contributed by atoms with Crippen LogP contribution in [-0.2, 0) is 43.4 Å². The Balaban J connectivity index is 0.000000139. The first-order valence-corrected chi connectivity index (χ1v) is 30.5. The van der Waals surface area contributed by atoms with Gasteiger partial charge in [-0.2, -0.15) is 0 Å². The number of nitrogens with zero attached hydrogens (tertiary/aromatic N) is 16.